The molecule has 0 spiro atoms. The molecule has 1 aliphatic heterocycles. The fourth-order valence-electron chi connectivity index (χ4n) is 2.17. The van der Waals surface area contributed by atoms with Crippen LogP contribution < -0.4 is 14.8 Å². The molecule has 1 amide bonds. The molecule has 8 heteroatoms. The Hall–Kier alpha value is -2.74. The summed E-state index contributed by atoms with van der Waals surface area (Å²) in [6, 6.07) is 9.31. The second-order valence-corrected chi connectivity index (χ2v) is 6.18. The zero-order valence-corrected chi connectivity index (χ0v) is 14.7. The van der Waals surface area contributed by atoms with Crippen molar-refractivity contribution in [3.05, 3.63) is 46.4 Å². The number of benzene rings is 2. The number of anilines is 1. The van der Waals surface area contributed by atoms with Crippen molar-refractivity contribution in [3.63, 3.8) is 0 Å². The molecule has 0 bridgehead atoms. The van der Waals surface area contributed by atoms with Gasteiger partial charge in [0.1, 0.15) is 11.3 Å². The molecule has 7 nitrogen and oxygen atoms in total. The van der Waals surface area contributed by atoms with Crippen LogP contribution in [-0.2, 0) is 9.53 Å². The molecule has 25 heavy (non-hydrogen) atoms. The summed E-state index contributed by atoms with van der Waals surface area (Å²) in [5.41, 5.74) is 0.458. The van der Waals surface area contributed by atoms with Gasteiger partial charge in [-0.15, -0.1) is 0 Å². The molecule has 0 aliphatic carbocycles. The number of aromatic hydroxyl groups is 1. The van der Waals surface area contributed by atoms with E-state index in [2.05, 4.69) is 21.2 Å². The second kappa shape index (κ2) is 7.02. The first kappa shape index (κ1) is 17.1. The summed E-state index contributed by atoms with van der Waals surface area (Å²) in [5, 5.41) is 12.4. The van der Waals surface area contributed by atoms with Gasteiger partial charge in [-0.25, -0.2) is 4.79 Å². The summed E-state index contributed by atoms with van der Waals surface area (Å²) in [4.78, 5) is 24.3. The standard InChI is InChI=1S/C17H14BrNO6/c1-9(25-17(22)12-6-10(18)2-4-13(12)20)16(21)19-11-3-5-14-15(7-11)24-8-23-14/h2-7,9,20H,8H2,1H3,(H,19,21). The highest BCUT2D eigenvalue weighted by Gasteiger charge is 2.22. The van der Waals surface area contributed by atoms with Crippen molar-refractivity contribution in [1.29, 1.82) is 0 Å². The van der Waals surface area contributed by atoms with E-state index in [1.54, 1.807) is 24.3 Å². The normalized spacial score (nSPS) is 13.2. The average molecular weight is 408 g/mol. The van der Waals surface area contributed by atoms with Crippen molar-refractivity contribution < 1.29 is 28.9 Å². The number of carbonyl (C=O) groups is 2. The molecule has 0 fully saturated rings. The van der Waals surface area contributed by atoms with Crippen molar-refractivity contribution in [1.82, 2.24) is 0 Å². The lowest BCUT2D eigenvalue weighted by molar-refractivity contribution is -0.123. The maximum atomic E-state index is 12.2. The molecule has 1 aliphatic rings. The predicted molar refractivity (Wildman–Crippen MR) is 91.9 cm³/mol. The van der Waals surface area contributed by atoms with E-state index >= 15 is 0 Å². The lowest BCUT2D eigenvalue weighted by Crippen LogP contribution is -2.30. The van der Waals surface area contributed by atoms with Crippen LogP contribution >= 0.6 is 15.9 Å². The first-order chi connectivity index (χ1) is 11.9. The van der Waals surface area contributed by atoms with Crippen molar-refractivity contribution in [2.75, 3.05) is 12.1 Å². The van der Waals surface area contributed by atoms with Crippen LogP contribution in [-0.4, -0.2) is 29.9 Å². The molecule has 1 heterocycles. The number of esters is 1. The van der Waals surface area contributed by atoms with E-state index in [1.165, 1.54) is 19.1 Å². The SMILES string of the molecule is CC(OC(=O)c1cc(Br)ccc1O)C(=O)Nc1ccc2c(c1)OCO2. The number of rotatable bonds is 4. The van der Waals surface area contributed by atoms with Crippen LogP contribution in [0, 0.1) is 0 Å². The molecule has 0 aromatic heterocycles. The first-order valence-corrected chi connectivity index (χ1v) is 8.13. The van der Waals surface area contributed by atoms with Gasteiger partial charge < -0.3 is 24.6 Å². The summed E-state index contributed by atoms with van der Waals surface area (Å²) in [6.45, 7) is 1.58. The smallest absolute Gasteiger partial charge is 0.342 e. The Labute approximate surface area is 151 Å². The van der Waals surface area contributed by atoms with Gasteiger partial charge in [-0.05, 0) is 37.3 Å². The van der Waals surface area contributed by atoms with Crippen LogP contribution in [0.5, 0.6) is 17.2 Å². The second-order valence-electron chi connectivity index (χ2n) is 5.27. The number of ether oxygens (including phenoxy) is 3. The van der Waals surface area contributed by atoms with Gasteiger partial charge in [0.15, 0.2) is 17.6 Å². The minimum Gasteiger partial charge on any atom is -0.507 e. The van der Waals surface area contributed by atoms with Crippen LogP contribution in [0.3, 0.4) is 0 Å². The van der Waals surface area contributed by atoms with Gasteiger partial charge in [0.05, 0.1) is 0 Å². The summed E-state index contributed by atoms with van der Waals surface area (Å²) >= 11 is 3.21. The van der Waals surface area contributed by atoms with Crippen LogP contribution in [0.1, 0.15) is 17.3 Å². The fourth-order valence-corrected chi connectivity index (χ4v) is 2.53. The molecule has 2 aromatic rings. The number of carbonyl (C=O) groups excluding carboxylic acids is 2. The molecule has 1 atom stereocenters. The van der Waals surface area contributed by atoms with Gasteiger partial charge >= 0.3 is 5.97 Å². The van der Waals surface area contributed by atoms with Crippen molar-refractivity contribution in [2.24, 2.45) is 0 Å². The average Bonchev–Trinajstić information content (AvgIpc) is 3.04. The van der Waals surface area contributed by atoms with E-state index in [0.717, 1.165) is 0 Å². The third-order valence-corrected chi connectivity index (χ3v) is 3.96. The number of phenolic OH excluding ortho intramolecular Hbond substituents is 1. The van der Waals surface area contributed by atoms with Gasteiger partial charge in [-0.3, -0.25) is 4.79 Å². The molecule has 0 radical (unpaired) electrons. The third-order valence-electron chi connectivity index (χ3n) is 3.47. The molecular formula is C17H14BrNO6. The molecule has 0 saturated heterocycles. The van der Waals surface area contributed by atoms with E-state index in [9.17, 15) is 14.7 Å². The predicted octanol–water partition coefficient (Wildman–Crippen LogP) is 3.07. The zero-order valence-electron chi connectivity index (χ0n) is 13.1. The Morgan fingerprint density at radius 3 is 2.76 bits per heavy atom. The summed E-state index contributed by atoms with van der Waals surface area (Å²) in [6.07, 6.45) is -1.06. The number of hydrogen-bond donors (Lipinski definition) is 2. The Morgan fingerprint density at radius 2 is 1.96 bits per heavy atom. The number of phenols is 1. The highest BCUT2D eigenvalue weighted by atomic mass is 79.9. The van der Waals surface area contributed by atoms with Crippen LogP contribution in [0.2, 0.25) is 0 Å². The number of hydrogen-bond acceptors (Lipinski definition) is 6. The number of fused-ring (bicyclic) bond motifs is 1. The number of amides is 1. The largest absolute Gasteiger partial charge is 0.507 e. The fraction of sp³-hybridized carbons (Fsp3) is 0.176. The van der Waals surface area contributed by atoms with Crippen molar-refractivity contribution in [3.8, 4) is 17.2 Å². The zero-order chi connectivity index (χ0) is 18.0. The van der Waals surface area contributed by atoms with Crippen LogP contribution in [0.25, 0.3) is 0 Å². The van der Waals surface area contributed by atoms with E-state index < -0.39 is 18.0 Å². The third kappa shape index (κ3) is 3.85. The van der Waals surface area contributed by atoms with Gasteiger partial charge in [0.25, 0.3) is 5.91 Å². The lowest BCUT2D eigenvalue weighted by atomic mass is 10.2. The topological polar surface area (TPSA) is 94.1 Å². The maximum Gasteiger partial charge on any atom is 0.342 e. The minimum absolute atomic E-state index is 0.0305. The quantitative estimate of drug-likeness (QED) is 0.756. The van der Waals surface area contributed by atoms with Gasteiger partial charge in [0.2, 0.25) is 6.79 Å². The van der Waals surface area contributed by atoms with Gasteiger partial charge in [-0.2, -0.15) is 0 Å². The van der Waals surface area contributed by atoms with E-state index in [0.29, 0.717) is 21.7 Å². The Bertz CT molecular complexity index is 838. The molecule has 1 unspecified atom stereocenters. The molecule has 0 saturated carbocycles. The van der Waals surface area contributed by atoms with E-state index in [4.69, 9.17) is 14.2 Å². The van der Waals surface area contributed by atoms with Gasteiger partial charge in [0, 0.05) is 16.2 Å². The minimum atomic E-state index is -1.06. The molecule has 2 N–H and O–H groups in total. The Morgan fingerprint density at radius 1 is 1.20 bits per heavy atom. The highest BCUT2D eigenvalue weighted by molar-refractivity contribution is 9.10. The molecule has 2 aromatic carbocycles. The van der Waals surface area contributed by atoms with Crippen LogP contribution in [0.4, 0.5) is 5.69 Å². The van der Waals surface area contributed by atoms with Gasteiger partial charge in [-0.1, -0.05) is 15.9 Å². The Balaban J connectivity index is 1.64. The number of halogens is 1. The number of nitrogens with one attached hydrogen (secondary N) is 1. The van der Waals surface area contributed by atoms with E-state index in [1.807, 2.05) is 0 Å². The van der Waals surface area contributed by atoms with Crippen molar-refractivity contribution in [2.45, 2.75) is 13.0 Å². The molecular weight excluding hydrogens is 394 g/mol. The maximum absolute atomic E-state index is 12.2. The van der Waals surface area contributed by atoms with E-state index in [-0.39, 0.29) is 18.1 Å². The highest BCUT2D eigenvalue weighted by Crippen LogP contribution is 2.34. The molecule has 3 rings (SSSR count). The summed E-state index contributed by atoms with van der Waals surface area (Å²) in [5.74, 6) is -0.408. The lowest BCUT2D eigenvalue weighted by Gasteiger charge is -2.14. The molecule has 130 valence electrons. The first-order valence-electron chi connectivity index (χ1n) is 7.34. The summed E-state index contributed by atoms with van der Waals surface area (Å²) < 4.78 is 16.2. The van der Waals surface area contributed by atoms with Crippen LogP contribution in [0.15, 0.2) is 40.9 Å². The monoisotopic (exact) mass is 407 g/mol. The Kier molecular flexibility index (Phi) is 4.80. The summed E-state index contributed by atoms with van der Waals surface area (Å²) in [7, 11) is 0. The van der Waals surface area contributed by atoms with Crippen molar-refractivity contribution >= 4 is 33.5 Å².